The Labute approximate surface area is 222 Å². The lowest BCUT2D eigenvalue weighted by molar-refractivity contribution is -0.250. The number of carbonyl (C=O) groups excluding carboxylic acids is 3. The van der Waals surface area contributed by atoms with Crippen LogP contribution in [0.15, 0.2) is 84.9 Å². The number of nitrogens with zero attached hydrogens (tertiary/aromatic N) is 3. The second kappa shape index (κ2) is 11.5. The van der Waals surface area contributed by atoms with Crippen molar-refractivity contribution < 1.29 is 24.0 Å². The van der Waals surface area contributed by atoms with E-state index in [4.69, 9.17) is 9.57 Å². The number of aryl methyl sites for hydroxylation is 1. The summed E-state index contributed by atoms with van der Waals surface area (Å²) in [7, 11) is 0. The highest BCUT2D eigenvalue weighted by Gasteiger charge is 2.44. The topological polar surface area (TPSA) is 79.4 Å². The van der Waals surface area contributed by atoms with Crippen LogP contribution in [0.5, 0.6) is 0 Å². The molecule has 2 fully saturated rings. The van der Waals surface area contributed by atoms with Crippen molar-refractivity contribution in [1.29, 1.82) is 0 Å². The number of cyclic esters (lactones) is 1. The minimum atomic E-state index is -1.21. The first-order chi connectivity index (χ1) is 18.5. The molecule has 196 valence electrons. The van der Waals surface area contributed by atoms with Gasteiger partial charge in [-0.15, -0.1) is 5.06 Å². The van der Waals surface area contributed by atoms with E-state index in [9.17, 15) is 14.4 Å². The van der Waals surface area contributed by atoms with Crippen LogP contribution in [0.3, 0.4) is 0 Å². The summed E-state index contributed by atoms with van der Waals surface area (Å²) in [5, 5.41) is 0.906. The van der Waals surface area contributed by atoms with Gasteiger partial charge in [0.25, 0.3) is 0 Å². The fraction of sp³-hybridized carbons (Fsp3) is 0.300. The first-order valence-electron chi connectivity index (χ1n) is 12.9. The Bertz CT molecular complexity index is 1260. The highest BCUT2D eigenvalue weighted by Crippen LogP contribution is 2.30. The van der Waals surface area contributed by atoms with Crippen LogP contribution in [0, 0.1) is 6.92 Å². The van der Waals surface area contributed by atoms with Crippen LogP contribution in [-0.2, 0) is 32.3 Å². The highest BCUT2D eigenvalue weighted by atomic mass is 16.8. The van der Waals surface area contributed by atoms with Crippen LogP contribution < -0.4 is 0 Å². The van der Waals surface area contributed by atoms with Gasteiger partial charge in [0.05, 0.1) is 0 Å². The zero-order valence-electron chi connectivity index (χ0n) is 21.4. The molecule has 3 aromatic rings. The van der Waals surface area contributed by atoms with Crippen molar-refractivity contribution in [3.05, 3.63) is 107 Å². The smallest absolute Gasteiger partial charge is 0.425 e. The average molecular weight is 514 g/mol. The van der Waals surface area contributed by atoms with Crippen LogP contribution in [0.4, 0.5) is 4.79 Å². The molecule has 1 atom stereocenters. The first-order valence-corrected chi connectivity index (χ1v) is 12.9. The van der Waals surface area contributed by atoms with Gasteiger partial charge in [-0.25, -0.2) is 14.4 Å². The van der Waals surface area contributed by atoms with E-state index in [2.05, 4.69) is 17.0 Å². The highest BCUT2D eigenvalue weighted by molar-refractivity contribution is 6.30. The van der Waals surface area contributed by atoms with Gasteiger partial charge in [-0.05, 0) is 30.9 Å². The predicted molar refractivity (Wildman–Crippen MR) is 140 cm³/mol. The summed E-state index contributed by atoms with van der Waals surface area (Å²) in [5.41, 5.74) is 3.88. The van der Waals surface area contributed by atoms with Crippen LogP contribution in [0.25, 0.3) is 0 Å². The van der Waals surface area contributed by atoms with E-state index in [0.717, 1.165) is 48.7 Å². The molecule has 0 saturated carbocycles. The summed E-state index contributed by atoms with van der Waals surface area (Å²) in [6.07, 6.45) is 0.372. The minimum Gasteiger partial charge on any atom is -0.425 e. The van der Waals surface area contributed by atoms with Gasteiger partial charge in [-0.1, -0.05) is 90.5 Å². The monoisotopic (exact) mass is 513 g/mol. The molecule has 0 aromatic heterocycles. The molecule has 0 radical (unpaired) electrons. The second-order valence-electron chi connectivity index (χ2n) is 9.76. The van der Waals surface area contributed by atoms with Crippen LogP contribution in [-0.4, -0.2) is 52.0 Å². The van der Waals surface area contributed by atoms with E-state index in [0.29, 0.717) is 12.1 Å². The Kier molecular flexibility index (Phi) is 7.70. The van der Waals surface area contributed by atoms with Crippen molar-refractivity contribution in [2.24, 2.45) is 0 Å². The summed E-state index contributed by atoms with van der Waals surface area (Å²) in [5.74, 6) is -2.33. The Morgan fingerprint density at radius 1 is 0.842 bits per heavy atom. The lowest BCUT2D eigenvalue weighted by Crippen LogP contribution is -2.55. The third-order valence-electron chi connectivity index (χ3n) is 7.02. The van der Waals surface area contributed by atoms with Gasteiger partial charge in [0.1, 0.15) is 0 Å². The number of ether oxygens (including phenoxy) is 1. The van der Waals surface area contributed by atoms with Gasteiger partial charge in [0.15, 0.2) is 0 Å². The number of hydrogen-bond donors (Lipinski definition) is 0. The fourth-order valence-electron chi connectivity index (χ4n) is 4.93. The molecule has 8 nitrogen and oxygen atoms in total. The molecule has 2 heterocycles. The van der Waals surface area contributed by atoms with Crippen LogP contribution in [0.1, 0.15) is 41.3 Å². The summed E-state index contributed by atoms with van der Waals surface area (Å²) < 4.78 is 5.36. The third-order valence-corrected chi connectivity index (χ3v) is 7.02. The average Bonchev–Trinajstić information content (AvgIpc) is 2.95. The van der Waals surface area contributed by atoms with Crippen molar-refractivity contribution in [3.63, 3.8) is 0 Å². The summed E-state index contributed by atoms with van der Waals surface area (Å²) >= 11 is 0. The van der Waals surface area contributed by atoms with Gasteiger partial charge < -0.3 is 14.5 Å². The number of hydrogen-bond acceptors (Lipinski definition) is 6. The molecule has 0 spiro atoms. The number of likely N-dealkylation sites (tertiary alicyclic amines) is 1. The van der Waals surface area contributed by atoms with Gasteiger partial charge in [0.2, 0.25) is 6.23 Å². The third kappa shape index (κ3) is 5.86. The van der Waals surface area contributed by atoms with E-state index in [1.807, 2.05) is 55.5 Å². The molecule has 0 N–H and O–H groups in total. The summed E-state index contributed by atoms with van der Waals surface area (Å²) in [6, 6.07) is 26.6. The van der Waals surface area contributed by atoms with Gasteiger partial charge >= 0.3 is 18.0 Å². The molecule has 2 aliphatic rings. The van der Waals surface area contributed by atoms with Crippen LogP contribution in [0.2, 0.25) is 0 Å². The van der Waals surface area contributed by atoms with Crippen molar-refractivity contribution in [2.75, 3.05) is 13.1 Å². The lowest BCUT2D eigenvalue weighted by Gasteiger charge is -2.42. The van der Waals surface area contributed by atoms with E-state index >= 15 is 0 Å². The maximum Gasteiger partial charge on any atom is 0.442 e. The minimum absolute atomic E-state index is 0.0800. The fourth-order valence-corrected chi connectivity index (χ4v) is 4.93. The van der Waals surface area contributed by atoms with E-state index in [-0.39, 0.29) is 6.04 Å². The van der Waals surface area contributed by atoms with Gasteiger partial charge in [-0.3, -0.25) is 4.90 Å². The number of rotatable bonds is 6. The van der Waals surface area contributed by atoms with Crippen molar-refractivity contribution >= 4 is 18.0 Å². The largest absolute Gasteiger partial charge is 0.442 e. The number of esters is 1. The van der Waals surface area contributed by atoms with Crippen molar-refractivity contribution in [3.8, 4) is 0 Å². The molecule has 8 heteroatoms. The molecule has 2 aliphatic heterocycles. The lowest BCUT2D eigenvalue weighted by atomic mass is 10.0. The second-order valence-corrected chi connectivity index (χ2v) is 9.76. The first kappa shape index (κ1) is 25.5. The standard InChI is InChI=1S/C30H31N3O5/c1-22-12-14-24(15-13-22)21-32(26-16-18-31(19-17-26)20-23-8-4-2-5-9-23)30(36)33-27(25-10-6-3-7-11-25)37-28(34)29(35)38-33/h2-15,26-27H,16-21H2,1H3. The zero-order chi connectivity index (χ0) is 26.5. The Morgan fingerprint density at radius 2 is 1.47 bits per heavy atom. The SMILES string of the molecule is Cc1ccc(CN(C(=O)N2OC(=O)C(=O)OC2c2ccccc2)C2CCN(Cc3ccccc3)CC2)cc1. The number of benzene rings is 3. The summed E-state index contributed by atoms with van der Waals surface area (Å²) in [4.78, 5) is 47.7. The van der Waals surface area contributed by atoms with Crippen molar-refractivity contribution in [1.82, 2.24) is 14.9 Å². The Morgan fingerprint density at radius 3 is 2.13 bits per heavy atom. The van der Waals surface area contributed by atoms with E-state index in [1.54, 1.807) is 29.2 Å². The molecule has 38 heavy (non-hydrogen) atoms. The predicted octanol–water partition coefficient (Wildman–Crippen LogP) is 4.60. The van der Waals surface area contributed by atoms with Crippen molar-refractivity contribution in [2.45, 2.75) is 45.1 Å². The Hall–Kier alpha value is -4.17. The molecular weight excluding hydrogens is 482 g/mol. The summed E-state index contributed by atoms with van der Waals surface area (Å²) in [6.45, 7) is 4.87. The molecule has 2 saturated heterocycles. The molecular formula is C30H31N3O5. The number of hydroxylamine groups is 2. The molecule has 2 amide bonds. The normalized spacial score (nSPS) is 18.6. The Balaban J connectivity index is 1.38. The molecule has 5 rings (SSSR count). The zero-order valence-corrected chi connectivity index (χ0v) is 21.4. The number of urea groups is 1. The number of carbonyl (C=O) groups is 3. The molecule has 1 unspecified atom stereocenters. The van der Waals surface area contributed by atoms with Crippen LogP contribution >= 0.6 is 0 Å². The number of amides is 2. The van der Waals surface area contributed by atoms with Gasteiger partial charge in [0, 0.05) is 37.8 Å². The maximum atomic E-state index is 14.0. The van der Waals surface area contributed by atoms with Gasteiger partial charge in [-0.2, -0.15) is 0 Å². The maximum absolute atomic E-state index is 14.0. The van der Waals surface area contributed by atoms with E-state index in [1.165, 1.54) is 5.56 Å². The molecule has 0 bridgehead atoms. The quantitative estimate of drug-likeness (QED) is 0.354. The molecule has 3 aromatic carbocycles. The van der Waals surface area contributed by atoms with E-state index < -0.39 is 24.2 Å². The molecule has 0 aliphatic carbocycles. The number of piperidine rings is 1.